The van der Waals surface area contributed by atoms with Crippen LogP contribution in [0.3, 0.4) is 0 Å². The quantitative estimate of drug-likeness (QED) is 0.826. The fourth-order valence-electron chi connectivity index (χ4n) is 3.65. The molecule has 2 unspecified atom stereocenters. The third-order valence-electron chi connectivity index (χ3n) is 4.84. The number of benzene rings is 1. The Hall–Kier alpha value is -0.490. The number of rotatable bonds is 4. The number of nitrogens with zero attached hydrogens (tertiary/aromatic N) is 1. The second kappa shape index (κ2) is 7.39. The molecule has 2 fully saturated rings. The lowest BCUT2D eigenvalue weighted by molar-refractivity contribution is 0.165. The molecule has 0 aromatic heterocycles. The van der Waals surface area contributed by atoms with Gasteiger partial charge in [0.05, 0.1) is 7.11 Å². The summed E-state index contributed by atoms with van der Waals surface area (Å²) in [5, 5.41) is 13.5. The Morgan fingerprint density at radius 1 is 1.32 bits per heavy atom. The van der Waals surface area contributed by atoms with E-state index in [2.05, 4.69) is 33.2 Å². The van der Waals surface area contributed by atoms with Gasteiger partial charge in [0.25, 0.3) is 0 Å². The lowest BCUT2D eigenvalue weighted by Crippen LogP contribution is -2.46. The van der Waals surface area contributed by atoms with E-state index in [0.717, 1.165) is 16.6 Å². The summed E-state index contributed by atoms with van der Waals surface area (Å²) in [5.41, 5.74) is 1.15. The number of methoxy groups -OCH3 is 1. The van der Waals surface area contributed by atoms with Gasteiger partial charge >= 0.3 is 0 Å². The fourth-order valence-corrected chi connectivity index (χ4v) is 4.11. The van der Waals surface area contributed by atoms with Crippen LogP contribution in [0.15, 0.2) is 16.6 Å². The average molecular weight is 392 g/mol. The molecule has 0 spiro atoms. The third kappa shape index (κ3) is 3.70. The summed E-state index contributed by atoms with van der Waals surface area (Å²) in [5.74, 6) is 0.711. The molecule has 124 valence electrons. The van der Waals surface area contributed by atoms with Crippen molar-refractivity contribution in [3.05, 3.63) is 22.2 Å². The van der Waals surface area contributed by atoms with Crippen LogP contribution >= 0.6 is 28.3 Å². The summed E-state index contributed by atoms with van der Waals surface area (Å²) in [6, 6.07) is 5.68. The van der Waals surface area contributed by atoms with Gasteiger partial charge in [0.15, 0.2) is 11.5 Å². The van der Waals surface area contributed by atoms with Gasteiger partial charge in [-0.15, -0.1) is 12.4 Å². The van der Waals surface area contributed by atoms with Crippen LogP contribution in [0.25, 0.3) is 0 Å². The number of piperidine rings is 1. The van der Waals surface area contributed by atoms with Crippen molar-refractivity contribution in [2.24, 2.45) is 0 Å². The highest BCUT2D eigenvalue weighted by Crippen LogP contribution is 2.34. The average Bonchev–Trinajstić information content (AvgIpc) is 2.80. The molecule has 0 radical (unpaired) electrons. The molecule has 2 atom stereocenters. The van der Waals surface area contributed by atoms with E-state index >= 15 is 0 Å². The van der Waals surface area contributed by atoms with Crippen molar-refractivity contribution in [1.82, 2.24) is 10.2 Å². The topological polar surface area (TPSA) is 44.7 Å². The molecule has 3 rings (SSSR count). The molecule has 2 N–H and O–H groups in total. The SMILES string of the molecule is COc1cc(CN(C)C2CC3CCC(C2)N3)c(Br)cc1O.Cl. The highest BCUT2D eigenvalue weighted by molar-refractivity contribution is 9.10. The molecule has 2 bridgehead atoms. The molecule has 0 aliphatic carbocycles. The molecule has 0 saturated carbocycles. The number of hydrogen-bond donors (Lipinski definition) is 2. The molecule has 2 saturated heterocycles. The largest absolute Gasteiger partial charge is 0.504 e. The Balaban J connectivity index is 0.00000176. The van der Waals surface area contributed by atoms with Crippen molar-refractivity contribution in [3.8, 4) is 11.5 Å². The predicted molar refractivity (Wildman–Crippen MR) is 94.0 cm³/mol. The Kier molecular flexibility index (Phi) is 6.00. The minimum Gasteiger partial charge on any atom is -0.504 e. The molecule has 2 aliphatic heterocycles. The number of nitrogens with one attached hydrogen (secondary N) is 1. The maximum atomic E-state index is 9.80. The zero-order chi connectivity index (χ0) is 15.0. The summed E-state index contributed by atoms with van der Waals surface area (Å²) in [6.07, 6.45) is 5.12. The van der Waals surface area contributed by atoms with Gasteiger partial charge in [-0.25, -0.2) is 0 Å². The molecule has 4 nitrogen and oxygen atoms in total. The van der Waals surface area contributed by atoms with E-state index in [1.165, 1.54) is 25.7 Å². The van der Waals surface area contributed by atoms with Gasteiger partial charge in [-0.1, -0.05) is 15.9 Å². The highest BCUT2D eigenvalue weighted by atomic mass is 79.9. The number of hydrogen-bond acceptors (Lipinski definition) is 4. The molecule has 6 heteroatoms. The van der Waals surface area contributed by atoms with Gasteiger partial charge in [-0.3, -0.25) is 4.90 Å². The van der Waals surface area contributed by atoms with Crippen molar-refractivity contribution in [1.29, 1.82) is 0 Å². The van der Waals surface area contributed by atoms with Gasteiger partial charge in [0, 0.05) is 29.1 Å². The first-order valence-corrected chi connectivity index (χ1v) is 8.37. The van der Waals surface area contributed by atoms with Crippen LogP contribution in [-0.4, -0.2) is 42.3 Å². The fraction of sp³-hybridized carbons (Fsp3) is 0.625. The number of phenolic OH excluding ortho intramolecular Hbond substituents is 1. The Bertz CT molecular complexity index is 517. The maximum absolute atomic E-state index is 9.80. The predicted octanol–water partition coefficient (Wildman–Crippen LogP) is 3.30. The first-order chi connectivity index (χ1) is 10.1. The Morgan fingerprint density at radius 2 is 1.95 bits per heavy atom. The summed E-state index contributed by atoms with van der Waals surface area (Å²) in [4.78, 5) is 2.43. The van der Waals surface area contributed by atoms with Crippen LogP contribution in [0, 0.1) is 0 Å². The Morgan fingerprint density at radius 3 is 2.55 bits per heavy atom. The Labute approximate surface area is 146 Å². The van der Waals surface area contributed by atoms with Gasteiger partial charge < -0.3 is 15.2 Å². The van der Waals surface area contributed by atoms with Crippen molar-refractivity contribution in [2.45, 2.75) is 50.4 Å². The number of phenols is 1. The van der Waals surface area contributed by atoms with Crippen LogP contribution in [0.5, 0.6) is 11.5 Å². The van der Waals surface area contributed by atoms with Crippen LogP contribution in [-0.2, 0) is 6.54 Å². The van der Waals surface area contributed by atoms with Crippen LogP contribution < -0.4 is 10.1 Å². The van der Waals surface area contributed by atoms with E-state index < -0.39 is 0 Å². The zero-order valence-corrected chi connectivity index (χ0v) is 15.4. The number of halogens is 2. The van der Waals surface area contributed by atoms with E-state index in [4.69, 9.17) is 4.74 Å². The first kappa shape index (κ1) is 17.9. The van der Waals surface area contributed by atoms with Gasteiger partial charge in [0.2, 0.25) is 0 Å². The van der Waals surface area contributed by atoms with Gasteiger partial charge in [-0.2, -0.15) is 0 Å². The maximum Gasteiger partial charge on any atom is 0.160 e. The smallest absolute Gasteiger partial charge is 0.160 e. The molecule has 1 aromatic carbocycles. The molecule has 1 aromatic rings. The van der Waals surface area contributed by atoms with Crippen LogP contribution in [0.4, 0.5) is 0 Å². The highest BCUT2D eigenvalue weighted by Gasteiger charge is 2.35. The van der Waals surface area contributed by atoms with Crippen molar-refractivity contribution in [3.63, 3.8) is 0 Å². The zero-order valence-electron chi connectivity index (χ0n) is 13.0. The van der Waals surface area contributed by atoms with Gasteiger partial charge in [0.1, 0.15) is 0 Å². The molecule has 0 amide bonds. The van der Waals surface area contributed by atoms with E-state index in [0.29, 0.717) is 23.9 Å². The molecular formula is C16H24BrClN2O2. The summed E-state index contributed by atoms with van der Waals surface area (Å²) >= 11 is 3.54. The number of fused-ring (bicyclic) bond motifs is 2. The standard InChI is InChI=1S/C16H23BrN2O2.ClH/c1-19(13-6-11-3-4-12(7-13)18-11)9-10-5-16(21-2)15(20)8-14(10)17;/h5,8,11-13,18,20H,3-4,6-7,9H2,1-2H3;1H. The van der Waals surface area contributed by atoms with E-state index in [1.807, 2.05) is 6.07 Å². The normalized spacial score (nSPS) is 26.8. The van der Waals surface area contributed by atoms with Gasteiger partial charge in [-0.05, 0) is 50.4 Å². The minimum absolute atomic E-state index is 0. The van der Waals surface area contributed by atoms with E-state index in [9.17, 15) is 5.11 Å². The number of aromatic hydroxyl groups is 1. The monoisotopic (exact) mass is 390 g/mol. The summed E-state index contributed by atoms with van der Waals surface area (Å²) in [7, 11) is 3.78. The molecular weight excluding hydrogens is 368 g/mol. The van der Waals surface area contributed by atoms with Crippen LogP contribution in [0.2, 0.25) is 0 Å². The number of ether oxygens (including phenoxy) is 1. The third-order valence-corrected chi connectivity index (χ3v) is 5.58. The molecule has 2 heterocycles. The van der Waals surface area contributed by atoms with Crippen LogP contribution in [0.1, 0.15) is 31.2 Å². The summed E-state index contributed by atoms with van der Waals surface area (Å²) in [6.45, 7) is 0.862. The minimum atomic E-state index is 0. The van der Waals surface area contributed by atoms with Crippen molar-refractivity contribution in [2.75, 3.05) is 14.2 Å². The van der Waals surface area contributed by atoms with E-state index in [-0.39, 0.29) is 18.2 Å². The summed E-state index contributed by atoms with van der Waals surface area (Å²) < 4.78 is 6.15. The molecule has 2 aliphatic rings. The second-order valence-corrected chi connectivity index (χ2v) is 7.15. The molecule has 22 heavy (non-hydrogen) atoms. The lowest BCUT2D eigenvalue weighted by Gasteiger charge is -2.35. The lowest BCUT2D eigenvalue weighted by atomic mass is 9.98. The van der Waals surface area contributed by atoms with E-state index in [1.54, 1.807) is 13.2 Å². The second-order valence-electron chi connectivity index (χ2n) is 6.29. The van der Waals surface area contributed by atoms with Crippen molar-refractivity contribution < 1.29 is 9.84 Å². The first-order valence-electron chi connectivity index (χ1n) is 7.58. The van der Waals surface area contributed by atoms with Crippen molar-refractivity contribution >= 4 is 28.3 Å².